The van der Waals surface area contributed by atoms with Crippen molar-refractivity contribution in [2.24, 2.45) is 0 Å². The lowest BCUT2D eigenvalue weighted by atomic mass is 10.1. The number of aliphatic hydroxyl groups is 1. The molecule has 0 unspecified atom stereocenters. The lowest BCUT2D eigenvalue weighted by Crippen LogP contribution is -2.21. The summed E-state index contributed by atoms with van der Waals surface area (Å²) >= 11 is 6.12. The molecule has 2 aromatic rings. The molecule has 0 amide bonds. The third kappa shape index (κ3) is 3.75. The third-order valence-electron chi connectivity index (χ3n) is 3.43. The minimum atomic E-state index is 0.252. The number of benzene rings is 1. The van der Waals surface area contributed by atoms with E-state index >= 15 is 0 Å². The minimum absolute atomic E-state index is 0.252. The first kappa shape index (κ1) is 15.4. The van der Waals surface area contributed by atoms with E-state index in [1.54, 1.807) is 0 Å². The van der Waals surface area contributed by atoms with Gasteiger partial charge in [0.2, 0.25) is 0 Å². The SMILES string of the molecule is CC(C)NCc1cn(CCCCO)c2cc(Cl)ccc12. The van der Waals surface area contributed by atoms with Crippen LogP contribution >= 0.6 is 11.6 Å². The number of rotatable bonds is 7. The summed E-state index contributed by atoms with van der Waals surface area (Å²) in [5.74, 6) is 0. The van der Waals surface area contributed by atoms with Crippen LogP contribution in [-0.4, -0.2) is 22.3 Å². The summed E-state index contributed by atoms with van der Waals surface area (Å²) in [7, 11) is 0. The number of aliphatic hydroxyl groups excluding tert-OH is 1. The zero-order valence-electron chi connectivity index (χ0n) is 12.2. The van der Waals surface area contributed by atoms with Gasteiger partial charge in [-0.25, -0.2) is 0 Å². The molecule has 0 saturated carbocycles. The Morgan fingerprint density at radius 1 is 1.30 bits per heavy atom. The Hall–Kier alpha value is -1.03. The van der Waals surface area contributed by atoms with Crippen LogP contribution < -0.4 is 5.32 Å². The van der Waals surface area contributed by atoms with Crippen LogP contribution in [0.3, 0.4) is 0 Å². The molecular formula is C16H23ClN2O. The van der Waals surface area contributed by atoms with Gasteiger partial charge in [0.05, 0.1) is 0 Å². The second-order valence-electron chi connectivity index (χ2n) is 5.48. The van der Waals surface area contributed by atoms with Gasteiger partial charge in [0.25, 0.3) is 0 Å². The fraction of sp³-hybridized carbons (Fsp3) is 0.500. The number of fused-ring (bicyclic) bond motifs is 1. The third-order valence-corrected chi connectivity index (χ3v) is 3.67. The van der Waals surface area contributed by atoms with Crippen LogP contribution in [0.5, 0.6) is 0 Å². The Bertz CT molecular complexity index is 563. The highest BCUT2D eigenvalue weighted by Crippen LogP contribution is 2.25. The topological polar surface area (TPSA) is 37.2 Å². The number of aromatic nitrogens is 1. The number of nitrogens with zero attached hydrogens (tertiary/aromatic N) is 1. The van der Waals surface area contributed by atoms with Crippen LogP contribution in [0.1, 0.15) is 32.3 Å². The zero-order valence-corrected chi connectivity index (χ0v) is 13.0. The van der Waals surface area contributed by atoms with Crippen LogP contribution in [0.2, 0.25) is 5.02 Å². The van der Waals surface area contributed by atoms with Gasteiger partial charge in [0, 0.05) is 47.9 Å². The average Bonchev–Trinajstić information content (AvgIpc) is 2.74. The summed E-state index contributed by atoms with van der Waals surface area (Å²) < 4.78 is 2.24. The molecule has 0 aliphatic rings. The van der Waals surface area contributed by atoms with Gasteiger partial charge in [-0.1, -0.05) is 31.5 Å². The van der Waals surface area contributed by atoms with Crippen LogP contribution in [0, 0.1) is 0 Å². The number of hydrogen-bond acceptors (Lipinski definition) is 2. The van der Waals surface area contributed by atoms with Crippen molar-refractivity contribution < 1.29 is 5.11 Å². The fourth-order valence-corrected chi connectivity index (χ4v) is 2.54. The molecule has 0 aliphatic heterocycles. The van der Waals surface area contributed by atoms with Crippen LogP contribution in [0.15, 0.2) is 24.4 Å². The Balaban J connectivity index is 2.28. The maximum absolute atomic E-state index is 8.91. The monoisotopic (exact) mass is 294 g/mol. The predicted molar refractivity (Wildman–Crippen MR) is 85.2 cm³/mol. The highest BCUT2D eigenvalue weighted by atomic mass is 35.5. The fourth-order valence-electron chi connectivity index (χ4n) is 2.38. The van der Waals surface area contributed by atoms with Crippen molar-refractivity contribution >= 4 is 22.5 Å². The normalized spacial score (nSPS) is 11.7. The smallest absolute Gasteiger partial charge is 0.0498 e. The first-order chi connectivity index (χ1) is 9.61. The first-order valence-corrected chi connectivity index (χ1v) is 7.61. The minimum Gasteiger partial charge on any atom is -0.396 e. The van der Waals surface area contributed by atoms with E-state index in [9.17, 15) is 0 Å². The summed E-state index contributed by atoms with van der Waals surface area (Å²) in [4.78, 5) is 0. The number of aryl methyl sites for hydroxylation is 1. The van der Waals surface area contributed by atoms with E-state index in [1.165, 1.54) is 16.5 Å². The molecule has 0 saturated heterocycles. The number of nitrogens with one attached hydrogen (secondary N) is 1. The summed E-state index contributed by atoms with van der Waals surface area (Å²) in [6.45, 7) is 6.33. The molecule has 0 fully saturated rings. The molecule has 1 aromatic heterocycles. The van der Waals surface area contributed by atoms with Crippen molar-refractivity contribution in [2.45, 2.75) is 45.8 Å². The Labute approximate surface area is 125 Å². The van der Waals surface area contributed by atoms with Gasteiger partial charge in [-0.2, -0.15) is 0 Å². The van der Waals surface area contributed by atoms with Gasteiger partial charge >= 0.3 is 0 Å². The molecule has 0 aliphatic carbocycles. The standard InChI is InChI=1S/C16H23ClN2O/c1-12(2)18-10-13-11-19(7-3-4-8-20)16-9-14(17)5-6-15(13)16/h5-6,9,11-12,18,20H,3-4,7-8,10H2,1-2H3. The van der Waals surface area contributed by atoms with Crippen LogP contribution in [0.25, 0.3) is 10.9 Å². The molecule has 0 spiro atoms. The summed E-state index contributed by atoms with van der Waals surface area (Å²) in [5.41, 5.74) is 2.48. The second kappa shape index (κ2) is 7.11. The van der Waals surface area contributed by atoms with Crippen molar-refractivity contribution in [3.8, 4) is 0 Å². The van der Waals surface area contributed by atoms with E-state index in [2.05, 4.69) is 36.0 Å². The summed E-state index contributed by atoms with van der Waals surface area (Å²) in [5, 5.41) is 14.4. The van der Waals surface area contributed by atoms with Crippen molar-refractivity contribution in [2.75, 3.05) is 6.61 Å². The molecule has 1 heterocycles. The molecule has 0 radical (unpaired) electrons. The van der Waals surface area contributed by atoms with Crippen LogP contribution in [-0.2, 0) is 13.1 Å². The Morgan fingerprint density at radius 2 is 2.10 bits per heavy atom. The van der Waals surface area contributed by atoms with E-state index in [-0.39, 0.29) is 6.61 Å². The van der Waals surface area contributed by atoms with E-state index in [4.69, 9.17) is 16.7 Å². The van der Waals surface area contributed by atoms with E-state index < -0.39 is 0 Å². The highest BCUT2D eigenvalue weighted by Gasteiger charge is 2.09. The molecule has 0 bridgehead atoms. The highest BCUT2D eigenvalue weighted by molar-refractivity contribution is 6.31. The Kier molecular flexibility index (Phi) is 5.46. The number of hydrogen-bond donors (Lipinski definition) is 2. The predicted octanol–water partition coefficient (Wildman–Crippen LogP) is 3.57. The zero-order chi connectivity index (χ0) is 14.5. The van der Waals surface area contributed by atoms with Gasteiger partial charge < -0.3 is 15.0 Å². The van der Waals surface area contributed by atoms with E-state index in [0.29, 0.717) is 6.04 Å². The summed E-state index contributed by atoms with van der Waals surface area (Å²) in [6, 6.07) is 6.53. The molecule has 20 heavy (non-hydrogen) atoms. The average molecular weight is 295 g/mol. The summed E-state index contributed by atoms with van der Waals surface area (Å²) in [6.07, 6.45) is 4.01. The molecule has 0 atom stereocenters. The second-order valence-corrected chi connectivity index (χ2v) is 5.91. The van der Waals surface area contributed by atoms with Crippen molar-refractivity contribution in [1.29, 1.82) is 0 Å². The molecule has 110 valence electrons. The van der Waals surface area contributed by atoms with Gasteiger partial charge in [0.1, 0.15) is 0 Å². The van der Waals surface area contributed by atoms with E-state index in [0.717, 1.165) is 31.0 Å². The largest absolute Gasteiger partial charge is 0.396 e. The molecule has 3 nitrogen and oxygen atoms in total. The first-order valence-electron chi connectivity index (χ1n) is 7.23. The van der Waals surface area contributed by atoms with Gasteiger partial charge in [-0.3, -0.25) is 0 Å². The number of halogens is 1. The van der Waals surface area contributed by atoms with E-state index in [1.807, 2.05) is 12.1 Å². The maximum atomic E-state index is 8.91. The van der Waals surface area contributed by atoms with Gasteiger partial charge in [0.15, 0.2) is 0 Å². The van der Waals surface area contributed by atoms with Crippen LogP contribution in [0.4, 0.5) is 0 Å². The van der Waals surface area contributed by atoms with Gasteiger partial charge in [-0.05, 0) is 30.5 Å². The lowest BCUT2D eigenvalue weighted by Gasteiger charge is -2.06. The quantitative estimate of drug-likeness (QED) is 0.766. The lowest BCUT2D eigenvalue weighted by molar-refractivity contribution is 0.281. The molecule has 2 N–H and O–H groups in total. The molecular weight excluding hydrogens is 272 g/mol. The molecule has 4 heteroatoms. The Morgan fingerprint density at radius 3 is 2.80 bits per heavy atom. The van der Waals surface area contributed by atoms with Crippen molar-refractivity contribution in [3.63, 3.8) is 0 Å². The number of unbranched alkanes of at least 4 members (excludes halogenated alkanes) is 1. The maximum Gasteiger partial charge on any atom is 0.0498 e. The molecule has 1 aromatic carbocycles. The molecule has 2 rings (SSSR count). The van der Waals surface area contributed by atoms with Crippen molar-refractivity contribution in [3.05, 3.63) is 35.0 Å². The van der Waals surface area contributed by atoms with Crippen molar-refractivity contribution in [1.82, 2.24) is 9.88 Å². The van der Waals surface area contributed by atoms with Gasteiger partial charge in [-0.15, -0.1) is 0 Å².